The number of nitrogens with two attached hydrogens (primary N) is 1. The second kappa shape index (κ2) is 10.5. The van der Waals surface area contributed by atoms with Gasteiger partial charge in [-0.05, 0) is 79.1 Å². The van der Waals surface area contributed by atoms with Crippen molar-refractivity contribution in [2.75, 3.05) is 18.4 Å². The maximum atomic E-state index is 11.5. The highest BCUT2D eigenvalue weighted by atomic mass is 32.1. The zero-order valence-corrected chi connectivity index (χ0v) is 21.6. The largest absolute Gasteiger partial charge is 0.437 e. The van der Waals surface area contributed by atoms with Crippen LogP contribution in [-0.4, -0.2) is 39.9 Å². The lowest BCUT2D eigenvalue weighted by Gasteiger charge is -2.32. The molecule has 1 saturated heterocycles. The molecular weight excluding hydrogens is 484 g/mol. The van der Waals surface area contributed by atoms with E-state index in [2.05, 4.69) is 16.3 Å². The lowest BCUT2D eigenvalue weighted by molar-refractivity contribution is 0.1000. The third-order valence-corrected chi connectivity index (χ3v) is 7.49. The third kappa shape index (κ3) is 5.56. The number of likely N-dealkylation sites (tertiary alicyclic amines) is 1. The minimum atomic E-state index is -0.403. The molecule has 0 atom stereocenters. The molecule has 9 heteroatoms. The van der Waals surface area contributed by atoms with Gasteiger partial charge in [-0.25, -0.2) is 4.98 Å². The smallest absolute Gasteiger partial charge is 0.248 e. The van der Waals surface area contributed by atoms with Crippen molar-refractivity contribution in [1.82, 2.24) is 14.9 Å². The lowest BCUT2D eigenvalue weighted by Crippen LogP contribution is -2.39. The summed E-state index contributed by atoms with van der Waals surface area (Å²) < 4.78 is 7.21. The average molecular weight is 513 g/mol. The third-order valence-electron chi connectivity index (χ3n) is 6.60. The van der Waals surface area contributed by atoms with Gasteiger partial charge in [0.2, 0.25) is 17.7 Å². The monoisotopic (exact) mass is 512 g/mol. The Morgan fingerprint density at radius 1 is 1.19 bits per heavy atom. The Morgan fingerprint density at radius 3 is 2.65 bits per heavy atom. The number of nitriles is 1. The molecule has 1 aliphatic heterocycles. The Kier molecular flexibility index (Phi) is 7.04. The van der Waals surface area contributed by atoms with Gasteiger partial charge in [-0.3, -0.25) is 9.69 Å². The Hall–Kier alpha value is -4.00. The maximum Gasteiger partial charge on any atom is 0.248 e. The number of nitrogens with zero attached hydrogens (tertiary/aromatic N) is 4. The van der Waals surface area contributed by atoms with Gasteiger partial charge in [0.15, 0.2) is 0 Å². The number of rotatable bonds is 7. The molecule has 0 spiro atoms. The van der Waals surface area contributed by atoms with E-state index in [9.17, 15) is 10.1 Å². The van der Waals surface area contributed by atoms with Gasteiger partial charge < -0.3 is 15.8 Å². The molecule has 5 rings (SSSR count). The van der Waals surface area contributed by atoms with E-state index < -0.39 is 5.91 Å². The Morgan fingerprint density at radius 2 is 1.95 bits per heavy atom. The van der Waals surface area contributed by atoms with Gasteiger partial charge in [0, 0.05) is 31.2 Å². The van der Waals surface area contributed by atoms with Crippen LogP contribution in [0.5, 0.6) is 11.6 Å². The van der Waals surface area contributed by atoms with Gasteiger partial charge >= 0.3 is 0 Å². The number of fused-ring (bicyclic) bond motifs is 1. The number of aryl methyl sites for hydroxylation is 2. The fourth-order valence-corrected chi connectivity index (χ4v) is 5.50. The topological polar surface area (TPSA) is 117 Å². The molecule has 2 aromatic heterocycles. The molecule has 0 saturated carbocycles. The molecule has 1 amide bonds. The molecular formula is C28H28N6O2S. The number of thiophene rings is 1. The van der Waals surface area contributed by atoms with Crippen LogP contribution in [0.25, 0.3) is 10.2 Å². The molecule has 188 valence electrons. The molecule has 1 fully saturated rings. The van der Waals surface area contributed by atoms with Gasteiger partial charge in [-0.1, -0.05) is 12.1 Å². The lowest BCUT2D eigenvalue weighted by atomic mass is 10.0. The minimum Gasteiger partial charge on any atom is -0.437 e. The molecule has 0 unspecified atom stereocenters. The zero-order valence-electron chi connectivity index (χ0n) is 20.8. The second-order valence-corrected chi connectivity index (χ2v) is 10.3. The SMILES string of the molecule is Cc1cc(C#N)cc(C)c1Oc1nc(NC2CCN(Cc3cccc(C(N)=O)c3)CC2)nc2ccsc12. The van der Waals surface area contributed by atoms with Crippen molar-refractivity contribution in [3.05, 3.63) is 75.7 Å². The summed E-state index contributed by atoms with van der Waals surface area (Å²) in [7, 11) is 0. The Labute approximate surface area is 219 Å². The van der Waals surface area contributed by atoms with Crippen LogP contribution in [0.4, 0.5) is 5.95 Å². The summed E-state index contributed by atoms with van der Waals surface area (Å²) in [4.78, 5) is 23.3. The summed E-state index contributed by atoms with van der Waals surface area (Å²) in [6.07, 6.45) is 1.90. The fourth-order valence-electron chi connectivity index (χ4n) is 4.74. The van der Waals surface area contributed by atoms with Crippen LogP contribution in [0, 0.1) is 25.2 Å². The highest BCUT2D eigenvalue weighted by Crippen LogP contribution is 2.35. The van der Waals surface area contributed by atoms with Crippen molar-refractivity contribution in [2.45, 2.75) is 39.3 Å². The molecule has 1 aliphatic rings. The molecule has 4 aromatic rings. The van der Waals surface area contributed by atoms with E-state index in [1.165, 1.54) is 0 Å². The summed E-state index contributed by atoms with van der Waals surface area (Å²) in [5.74, 6) is 1.38. The molecule has 8 nitrogen and oxygen atoms in total. The Bertz CT molecular complexity index is 1480. The Balaban J connectivity index is 1.27. The van der Waals surface area contributed by atoms with E-state index in [4.69, 9.17) is 20.4 Å². The first kappa shape index (κ1) is 24.7. The number of piperidine rings is 1. The minimum absolute atomic E-state index is 0.246. The van der Waals surface area contributed by atoms with Crippen LogP contribution in [0.3, 0.4) is 0 Å². The summed E-state index contributed by atoms with van der Waals surface area (Å²) >= 11 is 1.55. The maximum absolute atomic E-state index is 11.5. The number of amides is 1. The molecule has 0 bridgehead atoms. The van der Waals surface area contributed by atoms with E-state index in [0.717, 1.165) is 59.4 Å². The van der Waals surface area contributed by atoms with Crippen molar-refractivity contribution in [3.8, 4) is 17.7 Å². The highest BCUT2D eigenvalue weighted by molar-refractivity contribution is 7.17. The van der Waals surface area contributed by atoms with E-state index in [-0.39, 0.29) is 6.04 Å². The first-order valence-electron chi connectivity index (χ1n) is 12.2. The zero-order chi connectivity index (χ0) is 25.9. The van der Waals surface area contributed by atoms with Gasteiger partial charge in [0.1, 0.15) is 10.4 Å². The number of hydrogen-bond acceptors (Lipinski definition) is 8. The van der Waals surface area contributed by atoms with Crippen LogP contribution in [0.15, 0.2) is 47.8 Å². The van der Waals surface area contributed by atoms with Crippen molar-refractivity contribution < 1.29 is 9.53 Å². The number of hydrogen-bond donors (Lipinski definition) is 2. The molecule has 3 heterocycles. The standard InChI is InChI=1S/C28H28N6O2S/c1-17-12-20(15-29)13-18(2)24(17)36-27-25-23(8-11-37-25)32-28(33-27)31-22-6-9-34(10-7-22)16-19-4-3-5-21(14-19)26(30)35/h3-5,8,11-14,22H,6-7,9-10,16H2,1-2H3,(H2,30,35)(H,31,32,33). The van der Waals surface area contributed by atoms with E-state index in [1.54, 1.807) is 17.4 Å². The summed E-state index contributed by atoms with van der Waals surface area (Å²) in [5.41, 5.74) is 10.3. The normalized spacial score (nSPS) is 14.4. The van der Waals surface area contributed by atoms with Crippen LogP contribution in [0.1, 0.15) is 45.5 Å². The number of carbonyl (C=O) groups is 1. The number of aromatic nitrogens is 2. The first-order valence-corrected chi connectivity index (χ1v) is 13.1. The molecule has 0 radical (unpaired) electrons. The van der Waals surface area contributed by atoms with Crippen LogP contribution in [-0.2, 0) is 6.54 Å². The predicted octanol–water partition coefficient (Wildman–Crippen LogP) is 5.15. The number of ether oxygens (including phenoxy) is 1. The van der Waals surface area contributed by atoms with E-state index in [1.807, 2.05) is 55.6 Å². The van der Waals surface area contributed by atoms with E-state index >= 15 is 0 Å². The van der Waals surface area contributed by atoms with E-state index in [0.29, 0.717) is 28.7 Å². The summed E-state index contributed by atoms with van der Waals surface area (Å²) in [6.45, 7) is 6.50. The van der Waals surface area contributed by atoms with Crippen molar-refractivity contribution >= 4 is 33.4 Å². The molecule has 0 aliphatic carbocycles. The number of benzene rings is 2. The van der Waals surface area contributed by atoms with Crippen LogP contribution >= 0.6 is 11.3 Å². The van der Waals surface area contributed by atoms with Gasteiger partial charge in [0.25, 0.3) is 0 Å². The fraction of sp³-hybridized carbons (Fsp3) is 0.286. The van der Waals surface area contributed by atoms with Gasteiger partial charge in [-0.15, -0.1) is 11.3 Å². The number of anilines is 1. The molecule has 37 heavy (non-hydrogen) atoms. The van der Waals surface area contributed by atoms with Crippen molar-refractivity contribution in [3.63, 3.8) is 0 Å². The average Bonchev–Trinajstić information content (AvgIpc) is 3.36. The first-order chi connectivity index (χ1) is 17.9. The second-order valence-electron chi connectivity index (χ2n) is 9.40. The predicted molar refractivity (Wildman–Crippen MR) is 145 cm³/mol. The summed E-state index contributed by atoms with van der Waals surface area (Å²) in [5, 5.41) is 14.8. The summed E-state index contributed by atoms with van der Waals surface area (Å²) in [6, 6.07) is 15.6. The van der Waals surface area contributed by atoms with Gasteiger partial charge in [0.05, 0.1) is 17.1 Å². The van der Waals surface area contributed by atoms with Crippen molar-refractivity contribution in [2.24, 2.45) is 5.73 Å². The molecule has 3 N–H and O–H groups in total. The van der Waals surface area contributed by atoms with Crippen molar-refractivity contribution in [1.29, 1.82) is 5.26 Å². The number of carbonyl (C=O) groups excluding carboxylic acids is 1. The number of primary amides is 1. The van der Waals surface area contributed by atoms with Crippen LogP contribution < -0.4 is 15.8 Å². The molecule has 2 aromatic carbocycles. The number of nitrogens with one attached hydrogen (secondary N) is 1. The van der Waals surface area contributed by atoms with Gasteiger partial charge in [-0.2, -0.15) is 10.2 Å². The highest BCUT2D eigenvalue weighted by Gasteiger charge is 2.22. The quantitative estimate of drug-likeness (QED) is 0.352. The van der Waals surface area contributed by atoms with Crippen LogP contribution in [0.2, 0.25) is 0 Å².